The Morgan fingerprint density at radius 1 is 0.440 bits per heavy atom. The molecular formula is C61H112O14. The molecule has 2 heterocycles. The van der Waals surface area contributed by atoms with E-state index < -0.39 is 80.7 Å². The SMILES string of the molecule is CCCCCCC/C=C\C/C=C\C/C=C\CCCCCCCCCOCC(COC1OC(COC2OC(CO)C(O)C(O)C2O)C(O)C(O)C1O)OC(=O)CCCCCCCCCCCCCCCCCCCCC. The molecular weight excluding hydrogens is 957 g/mol. The van der Waals surface area contributed by atoms with Gasteiger partial charge in [-0.1, -0.05) is 224 Å². The Balaban J connectivity index is 1.70. The van der Waals surface area contributed by atoms with Gasteiger partial charge in [0, 0.05) is 13.0 Å². The maximum absolute atomic E-state index is 13.1. The van der Waals surface area contributed by atoms with Gasteiger partial charge in [-0.3, -0.25) is 4.79 Å². The van der Waals surface area contributed by atoms with Gasteiger partial charge in [0.15, 0.2) is 12.6 Å². The zero-order valence-corrected chi connectivity index (χ0v) is 47.3. The van der Waals surface area contributed by atoms with E-state index in [-0.39, 0.29) is 25.6 Å². The van der Waals surface area contributed by atoms with Crippen LogP contribution in [0.5, 0.6) is 0 Å². The summed E-state index contributed by atoms with van der Waals surface area (Å²) in [7, 11) is 0. The largest absolute Gasteiger partial charge is 0.457 e. The highest BCUT2D eigenvalue weighted by Crippen LogP contribution is 2.27. The van der Waals surface area contributed by atoms with Crippen molar-refractivity contribution >= 4 is 5.97 Å². The minimum absolute atomic E-state index is 0.0577. The van der Waals surface area contributed by atoms with Crippen molar-refractivity contribution in [3.63, 3.8) is 0 Å². The summed E-state index contributed by atoms with van der Waals surface area (Å²) in [6.45, 7) is 3.70. The second-order valence-electron chi connectivity index (χ2n) is 21.5. The average Bonchev–Trinajstić information content (AvgIpc) is 3.41. The van der Waals surface area contributed by atoms with E-state index in [1.165, 1.54) is 161 Å². The molecule has 0 aliphatic carbocycles. The number of hydrogen-bond acceptors (Lipinski definition) is 14. The molecule has 75 heavy (non-hydrogen) atoms. The molecule has 2 fully saturated rings. The molecule has 0 aromatic rings. The van der Waals surface area contributed by atoms with Crippen molar-refractivity contribution in [3.05, 3.63) is 36.5 Å². The Kier molecular flexibility index (Phi) is 44.5. The molecule has 2 aliphatic rings. The average molecular weight is 1070 g/mol. The minimum atomic E-state index is -1.71. The van der Waals surface area contributed by atoms with Gasteiger partial charge in [-0.25, -0.2) is 0 Å². The van der Waals surface area contributed by atoms with E-state index in [2.05, 4.69) is 50.3 Å². The standard InChI is InChI=1S/C61H112O14/c1-3-5-7-9-11-13-15-17-19-21-23-24-25-27-29-31-33-35-37-39-41-43-45-70-47-50(73-53(63)44-42-40-38-36-34-32-30-28-26-22-20-18-16-14-12-10-8-6-4-2)48-71-60-59(69)57(67)55(65)52(75-60)49-72-61-58(68)56(66)54(64)51(46-62)74-61/h15,17,21,23,25,27,50-52,54-62,64-69H,3-14,16,18-20,22,24,26,28-49H2,1-2H3/b17-15-,23-21-,27-25-. The quantitative estimate of drug-likeness (QED) is 0.0172. The molecule has 0 amide bonds. The summed E-state index contributed by atoms with van der Waals surface area (Å²) < 4.78 is 34.4. The van der Waals surface area contributed by atoms with Gasteiger partial charge in [-0.15, -0.1) is 0 Å². The van der Waals surface area contributed by atoms with Crippen LogP contribution in [0.25, 0.3) is 0 Å². The summed E-state index contributed by atoms with van der Waals surface area (Å²) in [4.78, 5) is 13.1. The Labute approximate surface area is 455 Å². The van der Waals surface area contributed by atoms with Crippen molar-refractivity contribution in [2.75, 3.05) is 33.0 Å². The van der Waals surface area contributed by atoms with E-state index in [0.717, 1.165) is 57.8 Å². The van der Waals surface area contributed by atoms with Gasteiger partial charge >= 0.3 is 5.97 Å². The highest BCUT2D eigenvalue weighted by Gasteiger charge is 2.47. The zero-order chi connectivity index (χ0) is 54.4. The maximum atomic E-state index is 13.1. The molecule has 2 aliphatic heterocycles. The number of carbonyl (C=O) groups is 1. The Hall–Kier alpha value is -1.79. The number of ether oxygens (including phenoxy) is 6. The molecule has 2 rings (SSSR count). The van der Waals surface area contributed by atoms with Crippen LogP contribution < -0.4 is 0 Å². The molecule has 0 spiro atoms. The smallest absolute Gasteiger partial charge is 0.306 e. The number of rotatable bonds is 50. The first-order chi connectivity index (χ1) is 36.6. The van der Waals surface area contributed by atoms with Crippen LogP contribution >= 0.6 is 0 Å². The third-order valence-electron chi connectivity index (χ3n) is 14.7. The van der Waals surface area contributed by atoms with Gasteiger partial charge in [-0.2, -0.15) is 0 Å². The molecule has 11 atom stereocenters. The fourth-order valence-electron chi connectivity index (χ4n) is 9.71. The second kappa shape index (κ2) is 48.1. The highest BCUT2D eigenvalue weighted by molar-refractivity contribution is 5.69. The van der Waals surface area contributed by atoms with Crippen LogP contribution in [0.4, 0.5) is 0 Å². The number of unbranched alkanes of at least 4 members (excludes halogenated alkanes) is 30. The molecule has 2 saturated heterocycles. The van der Waals surface area contributed by atoms with Gasteiger partial charge in [-0.05, 0) is 51.4 Å². The summed E-state index contributed by atoms with van der Waals surface area (Å²) in [6.07, 6.45) is 40.6. The van der Waals surface area contributed by atoms with E-state index in [1.807, 2.05) is 0 Å². The first-order valence-corrected chi connectivity index (χ1v) is 30.6. The number of aliphatic hydroxyl groups is 7. The number of hydrogen-bond donors (Lipinski definition) is 7. The van der Waals surface area contributed by atoms with E-state index in [0.29, 0.717) is 13.0 Å². The normalized spacial score (nSPS) is 24.8. The van der Waals surface area contributed by atoms with Crippen molar-refractivity contribution in [3.8, 4) is 0 Å². The first kappa shape index (κ1) is 69.3. The fraction of sp³-hybridized carbons (Fsp3) is 0.885. The zero-order valence-electron chi connectivity index (χ0n) is 47.3. The van der Waals surface area contributed by atoms with Crippen LogP contribution in [-0.4, -0.2) is 142 Å². The van der Waals surface area contributed by atoms with Crippen molar-refractivity contribution < 1.29 is 69.0 Å². The summed E-state index contributed by atoms with van der Waals surface area (Å²) >= 11 is 0. The van der Waals surface area contributed by atoms with Crippen LogP contribution in [0.2, 0.25) is 0 Å². The molecule has 440 valence electrons. The molecule has 11 unspecified atom stereocenters. The molecule has 0 radical (unpaired) electrons. The van der Waals surface area contributed by atoms with E-state index in [9.17, 15) is 40.5 Å². The van der Waals surface area contributed by atoms with Crippen LogP contribution in [0.15, 0.2) is 36.5 Å². The molecule has 0 saturated carbocycles. The second-order valence-corrected chi connectivity index (χ2v) is 21.5. The molecule has 0 aromatic carbocycles. The lowest BCUT2D eigenvalue weighted by molar-refractivity contribution is -0.332. The predicted octanol–water partition coefficient (Wildman–Crippen LogP) is 11.3. The van der Waals surface area contributed by atoms with E-state index in [1.54, 1.807) is 0 Å². The summed E-state index contributed by atoms with van der Waals surface area (Å²) in [5, 5.41) is 72.4. The van der Waals surface area contributed by atoms with Crippen molar-refractivity contribution in [2.24, 2.45) is 0 Å². The van der Waals surface area contributed by atoms with Gasteiger partial charge in [0.05, 0.1) is 26.4 Å². The summed E-state index contributed by atoms with van der Waals surface area (Å²) in [5.41, 5.74) is 0. The molecule has 7 N–H and O–H groups in total. The fourth-order valence-corrected chi connectivity index (χ4v) is 9.71. The summed E-state index contributed by atoms with van der Waals surface area (Å²) in [5.74, 6) is -0.375. The Bertz CT molecular complexity index is 1380. The Morgan fingerprint density at radius 3 is 1.29 bits per heavy atom. The number of carbonyl (C=O) groups excluding carboxylic acids is 1. The van der Waals surface area contributed by atoms with Crippen LogP contribution in [-0.2, 0) is 33.2 Å². The first-order valence-electron chi connectivity index (χ1n) is 30.6. The van der Waals surface area contributed by atoms with Crippen molar-refractivity contribution in [2.45, 2.75) is 313 Å². The maximum Gasteiger partial charge on any atom is 0.306 e. The lowest BCUT2D eigenvalue weighted by atomic mass is 9.98. The lowest BCUT2D eigenvalue weighted by Crippen LogP contribution is -2.61. The van der Waals surface area contributed by atoms with Crippen LogP contribution in [0.3, 0.4) is 0 Å². The Morgan fingerprint density at radius 2 is 0.827 bits per heavy atom. The van der Waals surface area contributed by atoms with E-state index in [4.69, 9.17) is 28.4 Å². The van der Waals surface area contributed by atoms with Gasteiger partial charge < -0.3 is 64.2 Å². The molecule has 14 nitrogen and oxygen atoms in total. The molecule has 0 aromatic heterocycles. The lowest BCUT2D eigenvalue weighted by Gasteiger charge is -2.42. The van der Waals surface area contributed by atoms with Gasteiger partial charge in [0.1, 0.15) is 54.9 Å². The predicted molar refractivity (Wildman–Crippen MR) is 298 cm³/mol. The highest BCUT2D eigenvalue weighted by atomic mass is 16.7. The number of aliphatic hydroxyl groups excluding tert-OH is 7. The third-order valence-corrected chi connectivity index (χ3v) is 14.7. The minimum Gasteiger partial charge on any atom is -0.457 e. The molecule has 14 heteroatoms. The van der Waals surface area contributed by atoms with E-state index >= 15 is 0 Å². The number of allylic oxidation sites excluding steroid dienone is 6. The van der Waals surface area contributed by atoms with Crippen LogP contribution in [0, 0.1) is 0 Å². The number of esters is 1. The third kappa shape index (κ3) is 34.7. The summed E-state index contributed by atoms with van der Waals surface area (Å²) in [6, 6.07) is 0. The van der Waals surface area contributed by atoms with Gasteiger partial charge in [0.2, 0.25) is 0 Å². The molecule has 0 bridgehead atoms. The monoisotopic (exact) mass is 1070 g/mol. The topological polar surface area (TPSA) is 214 Å². The van der Waals surface area contributed by atoms with Crippen molar-refractivity contribution in [1.82, 2.24) is 0 Å². The van der Waals surface area contributed by atoms with Gasteiger partial charge in [0.25, 0.3) is 0 Å². The van der Waals surface area contributed by atoms with Crippen molar-refractivity contribution in [1.29, 1.82) is 0 Å². The van der Waals surface area contributed by atoms with Crippen LogP contribution in [0.1, 0.15) is 245 Å².